The number of carboxylic acids is 1. The van der Waals surface area contributed by atoms with Gasteiger partial charge in [0.15, 0.2) is 5.65 Å². The molecule has 4 aromatic rings. The highest BCUT2D eigenvalue weighted by Gasteiger charge is 2.34. The number of hydrogen-bond acceptors (Lipinski definition) is 8. The molecule has 1 aliphatic heterocycles. The second kappa shape index (κ2) is 9.75. The van der Waals surface area contributed by atoms with Crippen LogP contribution < -0.4 is 4.74 Å². The fourth-order valence-corrected chi connectivity index (χ4v) is 6.38. The molecule has 3 N–H and O–H groups in total. The zero-order valence-electron chi connectivity index (χ0n) is 20.8. The van der Waals surface area contributed by atoms with Crippen LogP contribution in [0.15, 0.2) is 59.6 Å². The van der Waals surface area contributed by atoms with Gasteiger partial charge < -0.3 is 9.84 Å². The number of aliphatic carboxylic acids is 1. The van der Waals surface area contributed by atoms with Gasteiger partial charge in [0.1, 0.15) is 22.3 Å². The van der Waals surface area contributed by atoms with Crippen LogP contribution >= 0.6 is 10.8 Å². The molecule has 0 saturated carbocycles. The molecule has 0 bridgehead atoms. The van der Waals surface area contributed by atoms with Gasteiger partial charge in [-0.3, -0.25) is 13.9 Å². The molecule has 3 heterocycles. The molecule has 1 aliphatic rings. The first kappa shape index (κ1) is 25.2. The second-order valence-electron chi connectivity index (χ2n) is 9.38. The van der Waals surface area contributed by atoms with Crippen molar-refractivity contribution in [2.45, 2.75) is 43.7 Å². The molecule has 0 radical (unpaired) electrons. The zero-order chi connectivity index (χ0) is 26.3. The quantitative estimate of drug-likeness (QED) is 0.332. The molecule has 0 spiro atoms. The Morgan fingerprint density at radius 1 is 1.19 bits per heavy atom. The summed E-state index contributed by atoms with van der Waals surface area (Å²) in [5, 5.41) is 17.8. The van der Waals surface area contributed by atoms with Gasteiger partial charge in [0.2, 0.25) is 0 Å². The second-order valence-corrected chi connectivity index (χ2v) is 11.4. The Morgan fingerprint density at radius 2 is 1.97 bits per heavy atom. The molecule has 2 aromatic heterocycles. The van der Waals surface area contributed by atoms with Crippen LogP contribution in [0, 0.1) is 6.92 Å². The van der Waals surface area contributed by atoms with E-state index < -0.39 is 22.7 Å². The van der Waals surface area contributed by atoms with Gasteiger partial charge in [0.05, 0.1) is 13.0 Å². The van der Waals surface area contributed by atoms with Crippen LogP contribution in [0.4, 0.5) is 0 Å². The fraction of sp³-hybridized carbons (Fsp3) is 0.308. The number of carbonyl (C=O) groups is 1. The number of carboxylic acid groups (broad SMARTS) is 1. The molecule has 0 aliphatic carbocycles. The van der Waals surface area contributed by atoms with Crippen LogP contribution in [0.1, 0.15) is 41.5 Å². The number of rotatable bonds is 6. The molecular weight excluding hydrogens is 494 g/mol. The first-order chi connectivity index (χ1) is 17.6. The van der Waals surface area contributed by atoms with Gasteiger partial charge in [0.25, 0.3) is 0 Å². The number of para-hydroxylation sites is 1. The third-order valence-electron chi connectivity index (χ3n) is 6.66. The van der Waals surface area contributed by atoms with E-state index in [1.165, 1.54) is 0 Å². The Labute approximate surface area is 216 Å². The molecule has 194 valence electrons. The number of aromatic nitrogens is 4. The maximum atomic E-state index is 11.8. The molecule has 0 amide bonds. The summed E-state index contributed by atoms with van der Waals surface area (Å²) in [5.74, 6) is -0.935. The molecule has 1 unspecified atom stereocenters. The summed E-state index contributed by atoms with van der Waals surface area (Å²) in [5.41, 5.74) is 4.55. The van der Waals surface area contributed by atoms with Gasteiger partial charge in [-0.1, -0.05) is 35.5 Å². The summed E-state index contributed by atoms with van der Waals surface area (Å²) in [6, 6.07) is 14.6. The lowest BCUT2D eigenvalue weighted by Crippen LogP contribution is -2.33. The number of aryl methyl sites for hydroxylation is 2. The monoisotopic (exact) mass is 523 g/mol. The summed E-state index contributed by atoms with van der Waals surface area (Å²) in [7, 11) is -1.56. The van der Waals surface area contributed by atoms with Gasteiger partial charge in [-0.05, 0) is 54.3 Å². The molecule has 37 heavy (non-hydrogen) atoms. The van der Waals surface area contributed by atoms with Crippen molar-refractivity contribution in [1.29, 1.82) is 0 Å². The highest BCUT2D eigenvalue weighted by atomic mass is 32.3. The number of pyridine rings is 1. The molecule has 0 saturated heterocycles. The van der Waals surface area contributed by atoms with E-state index in [1.54, 1.807) is 46.5 Å². The van der Waals surface area contributed by atoms with Gasteiger partial charge in [-0.25, -0.2) is 9.67 Å². The third-order valence-corrected chi connectivity index (χ3v) is 8.58. The molecule has 2 aromatic carbocycles. The maximum Gasteiger partial charge on any atom is 0.304 e. The number of nitrogens with zero attached hydrogens (tertiary/aromatic N) is 5. The summed E-state index contributed by atoms with van der Waals surface area (Å²) in [4.78, 5) is 16.6. The standard InChI is InChI=1S/C26H29N5O5S/c1-16-8-9-18(21(12-25(32)33)19-11-22-26(27-13-19)30(3)29-28-22)10-20(16)15-31-14-17(2)36-23-6-4-5-7-24(23)37(31,34)35/h4-11,13,17,21,34-35H,12,14-15H2,1-3H3,(H,32,33)/t17-,21?/m1/s1. The lowest BCUT2D eigenvalue weighted by Gasteiger charge is -2.42. The zero-order valence-corrected chi connectivity index (χ0v) is 21.6. The SMILES string of the molecule is Cc1ccc(C(CC(=O)O)c2cnc3c(c2)nnn3C)cc1CN1C[C@@H](C)Oc2ccccc2S1(O)O. The average molecular weight is 524 g/mol. The first-order valence-electron chi connectivity index (χ1n) is 11.9. The highest BCUT2D eigenvalue weighted by molar-refractivity contribution is 8.22. The van der Waals surface area contributed by atoms with E-state index in [2.05, 4.69) is 15.3 Å². The van der Waals surface area contributed by atoms with Crippen molar-refractivity contribution < 1.29 is 23.7 Å². The van der Waals surface area contributed by atoms with Crippen molar-refractivity contribution >= 4 is 27.9 Å². The van der Waals surface area contributed by atoms with E-state index in [9.17, 15) is 19.0 Å². The minimum absolute atomic E-state index is 0.132. The summed E-state index contributed by atoms with van der Waals surface area (Å²) >= 11 is 0. The predicted octanol–water partition coefficient (Wildman–Crippen LogP) is 4.59. The van der Waals surface area contributed by atoms with Gasteiger partial charge >= 0.3 is 5.97 Å². The summed E-state index contributed by atoms with van der Waals surface area (Å²) in [6.07, 6.45) is 1.27. The van der Waals surface area contributed by atoms with Crippen molar-refractivity contribution in [3.8, 4) is 5.75 Å². The van der Waals surface area contributed by atoms with Crippen molar-refractivity contribution in [3.63, 3.8) is 0 Å². The Kier molecular flexibility index (Phi) is 6.63. The van der Waals surface area contributed by atoms with Crippen LogP contribution in [0.2, 0.25) is 0 Å². The Bertz CT molecular complexity index is 1470. The number of fused-ring (bicyclic) bond motifs is 2. The van der Waals surface area contributed by atoms with Crippen LogP contribution in [0.25, 0.3) is 11.2 Å². The number of benzene rings is 2. The normalized spacial score (nSPS) is 19.0. The third kappa shape index (κ3) is 4.90. The topological polar surface area (TPSA) is 134 Å². The molecule has 11 heteroatoms. The molecule has 5 rings (SSSR count). The van der Waals surface area contributed by atoms with Crippen molar-refractivity contribution in [2.75, 3.05) is 6.54 Å². The molecular formula is C26H29N5O5S. The minimum Gasteiger partial charge on any atom is -0.487 e. The van der Waals surface area contributed by atoms with Gasteiger partial charge in [-0.15, -0.1) is 15.9 Å². The van der Waals surface area contributed by atoms with Crippen molar-refractivity contribution in [2.24, 2.45) is 7.05 Å². The Hall–Kier alpha value is -3.51. The summed E-state index contributed by atoms with van der Waals surface area (Å²) in [6.45, 7) is 4.42. The minimum atomic E-state index is -3.31. The lowest BCUT2D eigenvalue weighted by atomic mass is 9.87. The van der Waals surface area contributed by atoms with Crippen molar-refractivity contribution in [3.05, 3.63) is 77.0 Å². The molecule has 2 atom stereocenters. The van der Waals surface area contributed by atoms with Gasteiger partial charge in [-0.2, -0.15) is 4.31 Å². The van der Waals surface area contributed by atoms with E-state index >= 15 is 0 Å². The number of hydrogen-bond donors (Lipinski definition) is 3. The highest BCUT2D eigenvalue weighted by Crippen LogP contribution is 2.57. The van der Waals surface area contributed by atoms with E-state index in [0.717, 1.165) is 22.3 Å². The first-order valence-corrected chi connectivity index (χ1v) is 13.4. The largest absolute Gasteiger partial charge is 0.487 e. The fourth-order valence-electron chi connectivity index (χ4n) is 4.72. The predicted molar refractivity (Wildman–Crippen MR) is 140 cm³/mol. The van der Waals surface area contributed by atoms with Crippen LogP contribution in [0.5, 0.6) is 5.75 Å². The number of ether oxygens (including phenoxy) is 1. The lowest BCUT2D eigenvalue weighted by molar-refractivity contribution is -0.137. The van der Waals surface area contributed by atoms with Gasteiger partial charge in [0, 0.05) is 25.7 Å². The van der Waals surface area contributed by atoms with E-state index in [1.807, 2.05) is 38.1 Å². The summed E-state index contributed by atoms with van der Waals surface area (Å²) < 4.78 is 31.8. The molecule has 0 fully saturated rings. The Balaban J connectivity index is 1.52. The van der Waals surface area contributed by atoms with E-state index in [0.29, 0.717) is 28.4 Å². The van der Waals surface area contributed by atoms with E-state index in [-0.39, 0.29) is 19.1 Å². The van der Waals surface area contributed by atoms with Crippen LogP contribution in [-0.4, -0.2) is 57.1 Å². The maximum absolute atomic E-state index is 11.8. The molecule has 10 nitrogen and oxygen atoms in total. The van der Waals surface area contributed by atoms with E-state index in [4.69, 9.17) is 4.74 Å². The smallest absolute Gasteiger partial charge is 0.304 e. The Morgan fingerprint density at radius 3 is 2.76 bits per heavy atom. The van der Waals surface area contributed by atoms with Crippen LogP contribution in [-0.2, 0) is 18.4 Å². The van der Waals surface area contributed by atoms with Crippen molar-refractivity contribution in [1.82, 2.24) is 24.3 Å². The van der Waals surface area contributed by atoms with Crippen LogP contribution in [0.3, 0.4) is 0 Å². The average Bonchev–Trinajstić information content (AvgIpc) is 3.19.